The average Bonchev–Trinajstić information content (AvgIpc) is 3.17. The number of amides is 2. The number of carbonyl (C=O) groups excluding carboxylic acids is 2. The molecule has 108 valence electrons. The molecule has 2 heterocycles. The van der Waals surface area contributed by atoms with Gasteiger partial charge >= 0.3 is 0 Å². The smallest absolute Gasteiger partial charge is 0.249 e. The van der Waals surface area contributed by atoms with Crippen LogP contribution in [0.1, 0.15) is 32.3 Å². The fraction of sp³-hybridized carbons (Fsp3) is 0.643. The van der Waals surface area contributed by atoms with Gasteiger partial charge in [-0.3, -0.25) is 14.3 Å². The first-order valence-electron chi connectivity index (χ1n) is 7.02. The molecule has 0 radical (unpaired) electrons. The summed E-state index contributed by atoms with van der Waals surface area (Å²) in [6.07, 6.45) is 5.64. The Morgan fingerprint density at radius 3 is 2.70 bits per heavy atom. The van der Waals surface area contributed by atoms with E-state index in [1.54, 1.807) is 22.7 Å². The molecule has 1 aliphatic carbocycles. The molecule has 1 aliphatic heterocycles. The SMILES string of the molecule is CC1C(=O)NC(C)(C2CC2)C(=O)N1Cc1cnn(C)c1. The van der Waals surface area contributed by atoms with Crippen molar-refractivity contribution in [2.45, 2.75) is 44.8 Å². The lowest BCUT2D eigenvalue weighted by molar-refractivity contribution is -0.155. The van der Waals surface area contributed by atoms with E-state index in [1.165, 1.54) is 0 Å². The number of nitrogens with one attached hydrogen (secondary N) is 1. The molecule has 1 N–H and O–H groups in total. The quantitative estimate of drug-likeness (QED) is 0.871. The third-order valence-electron chi connectivity index (χ3n) is 4.44. The van der Waals surface area contributed by atoms with E-state index in [0.29, 0.717) is 6.54 Å². The molecule has 2 amide bonds. The highest BCUT2D eigenvalue weighted by Crippen LogP contribution is 2.42. The van der Waals surface area contributed by atoms with Crippen LogP contribution in [-0.2, 0) is 23.2 Å². The lowest BCUT2D eigenvalue weighted by Gasteiger charge is -2.43. The minimum atomic E-state index is -0.730. The van der Waals surface area contributed by atoms with Crippen LogP contribution in [0.15, 0.2) is 12.4 Å². The predicted molar refractivity (Wildman–Crippen MR) is 72.5 cm³/mol. The van der Waals surface area contributed by atoms with Gasteiger partial charge in [-0.1, -0.05) is 0 Å². The first kappa shape index (κ1) is 13.1. The Labute approximate surface area is 118 Å². The number of aryl methyl sites for hydroxylation is 1. The van der Waals surface area contributed by atoms with E-state index in [1.807, 2.05) is 20.2 Å². The van der Waals surface area contributed by atoms with Crippen LogP contribution >= 0.6 is 0 Å². The number of aromatic nitrogens is 2. The highest BCUT2D eigenvalue weighted by molar-refractivity contribution is 5.99. The van der Waals surface area contributed by atoms with E-state index in [4.69, 9.17) is 0 Å². The molecule has 2 aliphatic rings. The Bertz CT molecular complexity index is 563. The minimum Gasteiger partial charge on any atom is -0.340 e. The molecule has 6 nitrogen and oxygen atoms in total. The van der Waals surface area contributed by atoms with Crippen molar-refractivity contribution >= 4 is 11.8 Å². The van der Waals surface area contributed by atoms with Crippen molar-refractivity contribution in [2.75, 3.05) is 0 Å². The van der Waals surface area contributed by atoms with Crippen LogP contribution in [0.3, 0.4) is 0 Å². The summed E-state index contributed by atoms with van der Waals surface area (Å²) in [4.78, 5) is 26.6. The third-order valence-corrected chi connectivity index (χ3v) is 4.44. The second-order valence-electron chi connectivity index (χ2n) is 6.10. The summed E-state index contributed by atoms with van der Waals surface area (Å²) in [5.74, 6) is 0.238. The Kier molecular flexibility index (Phi) is 2.84. The summed E-state index contributed by atoms with van der Waals surface area (Å²) in [7, 11) is 1.84. The summed E-state index contributed by atoms with van der Waals surface area (Å²) >= 11 is 0. The molecule has 1 aromatic heterocycles. The van der Waals surface area contributed by atoms with Gasteiger partial charge in [-0.25, -0.2) is 0 Å². The van der Waals surface area contributed by atoms with E-state index >= 15 is 0 Å². The summed E-state index contributed by atoms with van der Waals surface area (Å²) in [5.41, 5.74) is 0.215. The van der Waals surface area contributed by atoms with E-state index in [0.717, 1.165) is 18.4 Å². The Balaban J connectivity index is 1.86. The van der Waals surface area contributed by atoms with Crippen molar-refractivity contribution in [3.05, 3.63) is 18.0 Å². The van der Waals surface area contributed by atoms with Crippen LogP contribution in [0.25, 0.3) is 0 Å². The third kappa shape index (κ3) is 1.99. The molecule has 1 saturated heterocycles. The topological polar surface area (TPSA) is 67.2 Å². The van der Waals surface area contributed by atoms with E-state index in [-0.39, 0.29) is 17.7 Å². The minimum absolute atomic E-state index is 0.0240. The average molecular weight is 276 g/mol. The van der Waals surface area contributed by atoms with Crippen LogP contribution in [0, 0.1) is 5.92 Å². The van der Waals surface area contributed by atoms with E-state index in [9.17, 15) is 9.59 Å². The van der Waals surface area contributed by atoms with Crippen LogP contribution in [0.2, 0.25) is 0 Å². The predicted octanol–water partition coefficient (Wildman–Crippen LogP) is 0.436. The van der Waals surface area contributed by atoms with Gasteiger partial charge in [0.15, 0.2) is 0 Å². The van der Waals surface area contributed by atoms with Crippen molar-refractivity contribution in [3.63, 3.8) is 0 Å². The molecule has 1 aromatic rings. The molecule has 2 fully saturated rings. The van der Waals surface area contributed by atoms with Crippen molar-refractivity contribution in [1.29, 1.82) is 0 Å². The highest BCUT2D eigenvalue weighted by atomic mass is 16.2. The van der Waals surface area contributed by atoms with Gasteiger partial charge in [0, 0.05) is 25.4 Å². The molecule has 20 heavy (non-hydrogen) atoms. The van der Waals surface area contributed by atoms with Crippen LogP contribution in [0.4, 0.5) is 0 Å². The van der Waals surface area contributed by atoms with Gasteiger partial charge in [0.1, 0.15) is 11.6 Å². The van der Waals surface area contributed by atoms with Gasteiger partial charge in [0.25, 0.3) is 0 Å². The molecule has 3 rings (SSSR count). The number of nitrogens with zero attached hydrogens (tertiary/aromatic N) is 3. The van der Waals surface area contributed by atoms with Gasteiger partial charge in [-0.15, -0.1) is 0 Å². The fourth-order valence-electron chi connectivity index (χ4n) is 2.93. The van der Waals surface area contributed by atoms with Crippen LogP contribution < -0.4 is 5.32 Å². The number of rotatable bonds is 3. The maximum Gasteiger partial charge on any atom is 0.249 e. The van der Waals surface area contributed by atoms with E-state index < -0.39 is 11.6 Å². The molecule has 0 bridgehead atoms. The standard InChI is InChI=1S/C14H20N4O2/c1-9-12(19)16-14(2,11-4-5-11)13(20)18(9)8-10-6-15-17(3)7-10/h6-7,9,11H,4-5,8H2,1-3H3,(H,16,19). The van der Waals surface area contributed by atoms with Crippen molar-refractivity contribution in [2.24, 2.45) is 13.0 Å². The monoisotopic (exact) mass is 276 g/mol. The normalized spacial score (nSPS) is 30.6. The van der Waals surface area contributed by atoms with E-state index in [2.05, 4.69) is 10.4 Å². The summed E-state index contributed by atoms with van der Waals surface area (Å²) in [5, 5.41) is 7.04. The second kappa shape index (κ2) is 4.33. The van der Waals surface area contributed by atoms with Crippen LogP contribution in [-0.4, -0.2) is 38.1 Å². The molecule has 6 heteroatoms. The number of hydrogen-bond acceptors (Lipinski definition) is 3. The highest BCUT2D eigenvalue weighted by Gasteiger charge is 2.54. The summed E-state index contributed by atoms with van der Waals surface area (Å²) in [6, 6.07) is -0.436. The number of hydrogen-bond donors (Lipinski definition) is 1. The first-order valence-corrected chi connectivity index (χ1v) is 7.02. The molecule has 2 unspecified atom stereocenters. The van der Waals surface area contributed by atoms with Gasteiger partial charge < -0.3 is 10.2 Å². The van der Waals surface area contributed by atoms with Crippen molar-refractivity contribution < 1.29 is 9.59 Å². The van der Waals surface area contributed by atoms with Gasteiger partial charge in [-0.2, -0.15) is 5.10 Å². The Hall–Kier alpha value is -1.85. The zero-order chi connectivity index (χ0) is 14.5. The van der Waals surface area contributed by atoms with Gasteiger partial charge in [-0.05, 0) is 32.6 Å². The number of piperazine rings is 1. The zero-order valence-electron chi connectivity index (χ0n) is 12.1. The van der Waals surface area contributed by atoms with Crippen molar-refractivity contribution in [3.8, 4) is 0 Å². The zero-order valence-corrected chi connectivity index (χ0v) is 12.1. The van der Waals surface area contributed by atoms with Gasteiger partial charge in [0.05, 0.1) is 6.20 Å². The molecule has 1 saturated carbocycles. The number of carbonyl (C=O) groups is 2. The summed E-state index contributed by atoms with van der Waals surface area (Å²) in [6.45, 7) is 4.06. The largest absolute Gasteiger partial charge is 0.340 e. The second-order valence-corrected chi connectivity index (χ2v) is 6.10. The lowest BCUT2D eigenvalue weighted by atomic mass is 9.89. The fourth-order valence-corrected chi connectivity index (χ4v) is 2.93. The van der Waals surface area contributed by atoms with Crippen LogP contribution in [0.5, 0.6) is 0 Å². The Morgan fingerprint density at radius 1 is 1.45 bits per heavy atom. The molecule has 0 aromatic carbocycles. The lowest BCUT2D eigenvalue weighted by Crippen LogP contribution is -2.69. The first-order chi connectivity index (χ1) is 9.41. The van der Waals surface area contributed by atoms with Crippen molar-refractivity contribution in [1.82, 2.24) is 20.0 Å². The molecule has 0 spiro atoms. The molecular weight excluding hydrogens is 256 g/mol. The summed E-state index contributed by atoms with van der Waals surface area (Å²) < 4.78 is 1.70. The maximum absolute atomic E-state index is 12.8. The maximum atomic E-state index is 12.8. The molecule has 2 atom stereocenters. The van der Waals surface area contributed by atoms with Gasteiger partial charge in [0.2, 0.25) is 11.8 Å². The Morgan fingerprint density at radius 2 is 2.15 bits per heavy atom. The molecular formula is C14H20N4O2.